The SMILES string of the molecule is CC(C)(C)OC(=O)N[C@@H](Cc1ccc2ccccc2c1)C(=O)N(CC(=O)O)C1CCCCO1. The third kappa shape index (κ3) is 7.18. The minimum absolute atomic E-state index is 0.186. The van der Waals surface area contributed by atoms with Crippen LogP contribution in [0.25, 0.3) is 10.8 Å². The number of ether oxygens (including phenoxy) is 2. The van der Waals surface area contributed by atoms with Crippen LogP contribution >= 0.6 is 0 Å². The average Bonchev–Trinajstić information content (AvgIpc) is 2.75. The molecule has 0 aromatic heterocycles. The number of amides is 2. The number of carbonyl (C=O) groups is 3. The molecule has 0 bridgehead atoms. The van der Waals surface area contributed by atoms with Crippen LogP contribution in [-0.2, 0) is 25.5 Å². The highest BCUT2D eigenvalue weighted by atomic mass is 16.6. The fourth-order valence-electron chi connectivity index (χ4n) is 3.89. The number of carbonyl (C=O) groups excluding carboxylic acids is 2. The predicted molar refractivity (Wildman–Crippen MR) is 124 cm³/mol. The molecule has 178 valence electrons. The molecule has 1 heterocycles. The zero-order valence-corrected chi connectivity index (χ0v) is 19.4. The van der Waals surface area contributed by atoms with E-state index in [-0.39, 0.29) is 6.42 Å². The molecule has 2 N–H and O–H groups in total. The molecule has 1 saturated heterocycles. The molecule has 0 saturated carbocycles. The Morgan fingerprint density at radius 2 is 1.88 bits per heavy atom. The van der Waals surface area contributed by atoms with Gasteiger partial charge in [-0.25, -0.2) is 4.79 Å². The van der Waals surface area contributed by atoms with Gasteiger partial charge in [-0.05, 0) is 56.4 Å². The number of alkyl carbamates (subject to hydrolysis) is 1. The van der Waals surface area contributed by atoms with Crippen LogP contribution in [0.1, 0.15) is 45.6 Å². The van der Waals surface area contributed by atoms with Crippen molar-refractivity contribution < 1.29 is 29.0 Å². The molecular formula is C25H32N2O6. The van der Waals surface area contributed by atoms with Gasteiger partial charge in [0.2, 0.25) is 5.91 Å². The van der Waals surface area contributed by atoms with Crippen LogP contribution in [0, 0.1) is 0 Å². The summed E-state index contributed by atoms with van der Waals surface area (Å²) in [5, 5.41) is 14.2. The van der Waals surface area contributed by atoms with Crippen molar-refractivity contribution in [2.45, 2.75) is 64.3 Å². The van der Waals surface area contributed by atoms with E-state index in [1.807, 2.05) is 42.5 Å². The van der Waals surface area contributed by atoms with Gasteiger partial charge in [0.15, 0.2) is 0 Å². The molecule has 2 aromatic carbocycles. The second-order valence-electron chi connectivity index (χ2n) is 9.27. The third-order valence-corrected chi connectivity index (χ3v) is 5.33. The second-order valence-corrected chi connectivity index (χ2v) is 9.27. The topological polar surface area (TPSA) is 105 Å². The minimum Gasteiger partial charge on any atom is -0.480 e. The summed E-state index contributed by atoms with van der Waals surface area (Å²) in [6.45, 7) is 5.16. The molecule has 1 unspecified atom stereocenters. The Kier molecular flexibility index (Phi) is 7.92. The van der Waals surface area contributed by atoms with Gasteiger partial charge >= 0.3 is 12.1 Å². The number of hydrogen-bond acceptors (Lipinski definition) is 5. The molecule has 2 atom stereocenters. The Hall–Kier alpha value is -3.13. The van der Waals surface area contributed by atoms with Gasteiger partial charge in [0, 0.05) is 13.0 Å². The first-order valence-corrected chi connectivity index (χ1v) is 11.2. The number of hydrogen-bond donors (Lipinski definition) is 2. The molecule has 8 heteroatoms. The van der Waals surface area contributed by atoms with E-state index in [1.165, 1.54) is 4.90 Å². The third-order valence-electron chi connectivity index (χ3n) is 5.33. The zero-order chi connectivity index (χ0) is 24.0. The van der Waals surface area contributed by atoms with E-state index in [0.717, 1.165) is 29.2 Å². The molecule has 33 heavy (non-hydrogen) atoms. The minimum atomic E-state index is -1.14. The van der Waals surface area contributed by atoms with Gasteiger partial charge in [-0.1, -0.05) is 42.5 Å². The van der Waals surface area contributed by atoms with Gasteiger partial charge in [-0.2, -0.15) is 0 Å². The molecular weight excluding hydrogens is 424 g/mol. The van der Waals surface area contributed by atoms with Crippen LogP contribution in [0.2, 0.25) is 0 Å². The molecule has 8 nitrogen and oxygen atoms in total. The summed E-state index contributed by atoms with van der Waals surface area (Å²) in [5.74, 6) is -1.65. The predicted octanol–water partition coefficient (Wildman–Crippen LogP) is 3.72. The number of rotatable bonds is 7. The number of carboxylic acids is 1. The molecule has 1 fully saturated rings. The first-order chi connectivity index (χ1) is 15.6. The van der Waals surface area contributed by atoms with Crippen LogP contribution in [0.4, 0.5) is 4.79 Å². The molecule has 0 spiro atoms. The van der Waals surface area contributed by atoms with Crippen molar-refractivity contribution >= 4 is 28.7 Å². The van der Waals surface area contributed by atoms with Gasteiger partial charge in [-0.15, -0.1) is 0 Å². The molecule has 1 aliphatic heterocycles. The van der Waals surface area contributed by atoms with E-state index in [2.05, 4.69) is 5.32 Å². The Morgan fingerprint density at radius 1 is 1.15 bits per heavy atom. The monoisotopic (exact) mass is 456 g/mol. The second kappa shape index (κ2) is 10.7. The summed E-state index contributed by atoms with van der Waals surface area (Å²) in [7, 11) is 0. The van der Waals surface area contributed by atoms with E-state index in [1.54, 1.807) is 20.8 Å². The number of fused-ring (bicyclic) bond motifs is 1. The van der Waals surface area contributed by atoms with Gasteiger partial charge in [0.25, 0.3) is 0 Å². The van der Waals surface area contributed by atoms with Gasteiger partial charge in [-0.3, -0.25) is 9.59 Å². The standard InChI is InChI=1S/C25H32N2O6/c1-25(2,3)33-24(31)26-20(15-17-11-12-18-8-4-5-9-19(18)14-17)23(30)27(16-22(28)29)21-10-6-7-13-32-21/h4-5,8-9,11-12,14,20-21H,6-7,10,13,15-16H2,1-3H3,(H,26,31)(H,28,29)/t20-,21?/m0/s1. The maximum absolute atomic E-state index is 13.6. The summed E-state index contributed by atoms with van der Waals surface area (Å²) in [6.07, 6.45) is 1.06. The van der Waals surface area contributed by atoms with Crippen LogP contribution in [0.3, 0.4) is 0 Å². The van der Waals surface area contributed by atoms with Crippen molar-refractivity contribution in [3.05, 3.63) is 48.0 Å². The number of nitrogens with zero attached hydrogens (tertiary/aromatic N) is 1. The van der Waals surface area contributed by atoms with Gasteiger partial charge in [0.1, 0.15) is 24.4 Å². The van der Waals surface area contributed by atoms with Crippen LogP contribution in [0.5, 0.6) is 0 Å². The van der Waals surface area contributed by atoms with Crippen molar-refractivity contribution in [1.82, 2.24) is 10.2 Å². The number of aliphatic carboxylic acids is 1. The summed E-state index contributed by atoms with van der Waals surface area (Å²) < 4.78 is 11.1. The molecule has 2 amide bonds. The van der Waals surface area contributed by atoms with Crippen molar-refractivity contribution in [3.8, 4) is 0 Å². The molecule has 0 aliphatic carbocycles. The largest absolute Gasteiger partial charge is 0.480 e. The summed E-state index contributed by atoms with van der Waals surface area (Å²) in [4.78, 5) is 38.9. The van der Waals surface area contributed by atoms with Gasteiger partial charge in [0.05, 0.1) is 0 Å². The Bertz CT molecular complexity index is 994. The average molecular weight is 457 g/mol. The highest BCUT2D eigenvalue weighted by molar-refractivity contribution is 5.89. The van der Waals surface area contributed by atoms with Crippen LogP contribution in [0.15, 0.2) is 42.5 Å². The number of nitrogens with one attached hydrogen (secondary N) is 1. The quantitative estimate of drug-likeness (QED) is 0.658. The maximum atomic E-state index is 13.6. The number of benzene rings is 2. The normalized spacial score (nSPS) is 17.2. The number of carboxylic acid groups (broad SMARTS) is 1. The van der Waals surface area contributed by atoms with Crippen LogP contribution < -0.4 is 5.32 Å². The van der Waals surface area contributed by atoms with Gasteiger partial charge < -0.3 is 24.8 Å². The summed E-state index contributed by atoms with van der Waals surface area (Å²) in [6, 6.07) is 12.7. The Balaban J connectivity index is 1.88. The van der Waals surface area contributed by atoms with Crippen molar-refractivity contribution in [3.63, 3.8) is 0 Å². The summed E-state index contributed by atoms with van der Waals surface area (Å²) in [5.41, 5.74) is 0.0939. The lowest BCUT2D eigenvalue weighted by atomic mass is 10.0. The Labute approximate surface area is 193 Å². The Morgan fingerprint density at radius 3 is 2.52 bits per heavy atom. The fourth-order valence-corrected chi connectivity index (χ4v) is 3.89. The fraction of sp³-hybridized carbons (Fsp3) is 0.480. The smallest absolute Gasteiger partial charge is 0.408 e. The highest BCUT2D eigenvalue weighted by Crippen LogP contribution is 2.21. The maximum Gasteiger partial charge on any atom is 0.408 e. The molecule has 0 radical (unpaired) electrons. The van der Waals surface area contributed by atoms with E-state index < -0.39 is 42.4 Å². The van der Waals surface area contributed by atoms with Crippen molar-refractivity contribution in [1.29, 1.82) is 0 Å². The lowest BCUT2D eigenvalue weighted by molar-refractivity contribution is -0.161. The molecule has 1 aliphatic rings. The lowest BCUT2D eigenvalue weighted by Gasteiger charge is -2.35. The van der Waals surface area contributed by atoms with E-state index in [0.29, 0.717) is 13.0 Å². The van der Waals surface area contributed by atoms with E-state index in [4.69, 9.17) is 9.47 Å². The lowest BCUT2D eigenvalue weighted by Crippen LogP contribution is -2.55. The van der Waals surface area contributed by atoms with Crippen molar-refractivity contribution in [2.75, 3.05) is 13.2 Å². The van der Waals surface area contributed by atoms with E-state index >= 15 is 0 Å². The highest BCUT2D eigenvalue weighted by Gasteiger charge is 2.34. The van der Waals surface area contributed by atoms with E-state index in [9.17, 15) is 19.5 Å². The summed E-state index contributed by atoms with van der Waals surface area (Å²) >= 11 is 0. The molecule has 3 rings (SSSR count). The first-order valence-electron chi connectivity index (χ1n) is 11.2. The van der Waals surface area contributed by atoms with Crippen molar-refractivity contribution in [2.24, 2.45) is 0 Å². The molecule has 2 aromatic rings. The van der Waals surface area contributed by atoms with Crippen LogP contribution in [-0.4, -0.2) is 59.0 Å². The zero-order valence-electron chi connectivity index (χ0n) is 19.4. The first kappa shape index (κ1) is 24.5.